The number of thioether (sulfide) groups is 1. The van der Waals surface area contributed by atoms with Crippen molar-refractivity contribution in [3.8, 4) is 5.75 Å². The number of hydrogen-bond donors (Lipinski definition) is 1. The lowest BCUT2D eigenvalue weighted by atomic mass is 10.1. The molecule has 1 aromatic heterocycles. The van der Waals surface area contributed by atoms with Crippen molar-refractivity contribution in [1.82, 2.24) is 10.2 Å². The Morgan fingerprint density at radius 2 is 1.96 bits per heavy atom. The van der Waals surface area contributed by atoms with Crippen LogP contribution in [0.4, 0.5) is 10.4 Å². The summed E-state index contributed by atoms with van der Waals surface area (Å²) in [6.45, 7) is -0.366. The van der Waals surface area contributed by atoms with Gasteiger partial charge in [0.1, 0.15) is 0 Å². The zero-order valence-corrected chi connectivity index (χ0v) is 14.8. The van der Waals surface area contributed by atoms with Gasteiger partial charge in [-0.15, -0.1) is 16.9 Å². The number of rotatable bonds is 7. The Morgan fingerprint density at radius 3 is 2.69 bits per heavy atom. The minimum atomic E-state index is -0.534. The van der Waals surface area contributed by atoms with Gasteiger partial charge in [0.25, 0.3) is 5.91 Å². The molecule has 134 valence electrons. The van der Waals surface area contributed by atoms with Crippen LogP contribution in [0.5, 0.6) is 5.75 Å². The van der Waals surface area contributed by atoms with Crippen LogP contribution in [-0.2, 0) is 11.2 Å². The first-order valence-electron chi connectivity index (χ1n) is 7.76. The number of amides is 1. The van der Waals surface area contributed by atoms with Crippen LogP contribution in [-0.4, -0.2) is 29.0 Å². The second-order valence-corrected chi connectivity index (χ2v) is 6.17. The molecule has 0 aliphatic rings. The summed E-state index contributed by atoms with van der Waals surface area (Å²) in [5.74, 6) is -0.671. The number of para-hydroxylation sites is 1. The molecule has 3 rings (SSSR count). The van der Waals surface area contributed by atoms with Gasteiger partial charge >= 0.3 is 6.01 Å². The maximum absolute atomic E-state index is 13.4. The number of aromatic nitrogens is 2. The summed E-state index contributed by atoms with van der Waals surface area (Å²) in [5.41, 5.74) is 1.02. The van der Waals surface area contributed by atoms with Crippen molar-refractivity contribution in [3.05, 3.63) is 65.8 Å². The van der Waals surface area contributed by atoms with Crippen LogP contribution in [0.15, 0.2) is 57.8 Å². The molecule has 0 bridgehead atoms. The third kappa shape index (κ3) is 4.82. The smallest absolute Gasteiger partial charge is 0.322 e. The number of carbonyl (C=O) groups is 1. The average molecular weight is 373 g/mol. The molecule has 0 saturated heterocycles. The normalized spacial score (nSPS) is 10.5. The first kappa shape index (κ1) is 17.9. The van der Waals surface area contributed by atoms with E-state index in [2.05, 4.69) is 15.5 Å². The molecule has 0 spiro atoms. The Kier molecular flexibility index (Phi) is 5.85. The van der Waals surface area contributed by atoms with Crippen molar-refractivity contribution in [3.63, 3.8) is 0 Å². The second kappa shape index (κ2) is 8.48. The number of nitrogens with one attached hydrogen (secondary N) is 1. The van der Waals surface area contributed by atoms with Gasteiger partial charge in [-0.1, -0.05) is 29.4 Å². The number of ether oxygens (including phenoxy) is 1. The third-order valence-corrected chi connectivity index (χ3v) is 4.17. The van der Waals surface area contributed by atoms with Gasteiger partial charge in [0, 0.05) is 4.90 Å². The molecule has 0 fully saturated rings. The van der Waals surface area contributed by atoms with Crippen molar-refractivity contribution < 1.29 is 18.3 Å². The SMILES string of the molecule is CSc1ccc(Cc2nnc(NC(=O)COc3ccccc3F)o2)cc1. The van der Waals surface area contributed by atoms with Crippen LogP contribution < -0.4 is 10.1 Å². The molecule has 1 amide bonds. The van der Waals surface area contributed by atoms with E-state index < -0.39 is 11.7 Å². The topological polar surface area (TPSA) is 77.2 Å². The lowest BCUT2D eigenvalue weighted by Crippen LogP contribution is -2.20. The molecule has 0 saturated carbocycles. The maximum atomic E-state index is 13.4. The molecule has 3 aromatic rings. The lowest BCUT2D eigenvalue weighted by Gasteiger charge is -2.05. The molecule has 2 aromatic carbocycles. The number of hydrogen-bond acceptors (Lipinski definition) is 6. The fourth-order valence-corrected chi connectivity index (χ4v) is 2.56. The van der Waals surface area contributed by atoms with Crippen LogP contribution in [0.25, 0.3) is 0 Å². The van der Waals surface area contributed by atoms with Crippen LogP contribution in [0.3, 0.4) is 0 Å². The van der Waals surface area contributed by atoms with Gasteiger partial charge in [0.05, 0.1) is 6.42 Å². The van der Waals surface area contributed by atoms with Crippen molar-refractivity contribution in [2.75, 3.05) is 18.2 Å². The summed E-state index contributed by atoms with van der Waals surface area (Å²) in [6, 6.07) is 13.8. The molecular weight excluding hydrogens is 357 g/mol. The summed E-state index contributed by atoms with van der Waals surface area (Å²) in [5, 5.41) is 10.1. The molecule has 8 heteroatoms. The predicted octanol–water partition coefficient (Wildman–Crippen LogP) is 3.54. The maximum Gasteiger partial charge on any atom is 0.322 e. The van der Waals surface area contributed by atoms with E-state index in [0.29, 0.717) is 12.3 Å². The number of anilines is 1. The molecule has 0 aliphatic heterocycles. The van der Waals surface area contributed by atoms with E-state index in [1.165, 1.54) is 23.1 Å². The van der Waals surface area contributed by atoms with Gasteiger partial charge in [0.2, 0.25) is 5.89 Å². The van der Waals surface area contributed by atoms with E-state index in [0.717, 1.165) is 5.56 Å². The van der Waals surface area contributed by atoms with Crippen molar-refractivity contribution >= 4 is 23.7 Å². The van der Waals surface area contributed by atoms with Gasteiger partial charge in [-0.3, -0.25) is 10.1 Å². The van der Waals surface area contributed by atoms with Gasteiger partial charge in [0.15, 0.2) is 18.2 Å². The monoisotopic (exact) mass is 373 g/mol. The van der Waals surface area contributed by atoms with Crippen molar-refractivity contribution in [2.24, 2.45) is 0 Å². The number of nitrogens with zero attached hydrogens (tertiary/aromatic N) is 2. The minimum absolute atomic E-state index is 0.00237. The molecular formula is C18H16FN3O3S. The first-order valence-corrected chi connectivity index (χ1v) is 8.99. The van der Waals surface area contributed by atoms with Gasteiger partial charge < -0.3 is 9.15 Å². The number of benzene rings is 2. The second-order valence-electron chi connectivity index (χ2n) is 5.29. The number of carbonyl (C=O) groups excluding carboxylic acids is 1. The molecule has 1 N–H and O–H groups in total. The molecule has 6 nitrogen and oxygen atoms in total. The van der Waals surface area contributed by atoms with E-state index >= 15 is 0 Å². The van der Waals surface area contributed by atoms with E-state index in [1.54, 1.807) is 17.8 Å². The zero-order valence-electron chi connectivity index (χ0n) is 13.9. The van der Waals surface area contributed by atoms with Gasteiger partial charge in [-0.2, -0.15) is 0 Å². The first-order chi connectivity index (χ1) is 12.6. The summed E-state index contributed by atoms with van der Waals surface area (Å²) >= 11 is 1.66. The summed E-state index contributed by atoms with van der Waals surface area (Å²) in [6.07, 6.45) is 2.47. The quantitative estimate of drug-likeness (QED) is 0.639. The van der Waals surface area contributed by atoms with E-state index in [4.69, 9.17) is 9.15 Å². The standard InChI is InChI=1S/C18H16FN3O3S/c1-26-13-8-6-12(7-9-13)10-17-21-22-18(25-17)20-16(23)11-24-15-5-3-2-4-14(15)19/h2-9H,10-11H2,1H3,(H,20,22,23). The van der Waals surface area contributed by atoms with Crippen LogP contribution in [0, 0.1) is 5.82 Å². The Labute approximate surface area is 153 Å². The Bertz CT molecular complexity index is 883. The largest absolute Gasteiger partial charge is 0.481 e. The van der Waals surface area contributed by atoms with Gasteiger partial charge in [-0.05, 0) is 36.1 Å². The average Bonchev–Trinajstić information content (AvgIpc) is 3.08. The summed E-state index contributed by atoms with van der Waals surface area (Å²) in [4.78, 5) is 13.0. The highest BCUT2D eigenvalue weighted by Crippen LogP contribution is 2.18. The fourth-order valence-electron chi connectivity index (χ4n) is 2.15. The molecule has 0 atom stereocenters. The highest BCUT2D eigenvalue weighted by Gasteiger charge is 2.12. The highest BCUT2D eigenvalue weighted by atomic mass is 32.2. The third-order valence-electron chi connectivity index (χ3n) is 3.42. The number of halogens is 1. The summed E-state index contributed by atoms with van der Waals surface area (Å²) in [7, 11) is 0. The van der Waals surface area contributed by atoms with E-state index in [9.17, 15) is 9.18 Å². The van der Waals surface area contributed by atoms with Crippen LogP contribution >= 0.6 is 11.8 Å². The Hall–Kier alpha value is -2.87. The van der Waals surface area contributed by atoms with Crippen molar-refractivity contribution in [1.29, 1.82) is 0 Å². The van der Waals surface area contributed by atoms with Crippen molar-refractivity contribution in [2.45, 2.75) is 11.3 Å². The molecule has 0 radical (unpaired) electrons. The Balaban J connectivity index is 1.52. The van der Waals surface area contributed by atoms with E-state index in [-0.39, 0.29) is 18.4 Å². The fraction of sp³-hybridized carbons (Fsp3) is 0.167. The molecule has 0 unspecified atom stereocenters. The molecule has 1 heterocycles. The van der Waals surface area contributed by atoms with E-state index in [1.807, 2.05) is 30.5 Å². The highest BCUT2D eigenvalue weighted by molar-refractivity contribution is 7.98. The van der Waals surface area contributed by atoms with Crippen LogP contribution in [0.2, 0.25) is 0 Å². The minimum Gasteiger partial charge on any atom is -0.481 e. The molecule has 0 aliphatic carbocycles. The predicted molar refractivity (Wildman–Crippen MR) is 95.9 cm³/mol. The Morgan fingerprint density at radius 1 is 1.19 bits per heavy atom. The summed E-state index contributed by atoms with van der Waals surface area (Å²) < 4.78 is 23.9. The van der Waals surface area contributed by atoms with Crippen LogP contribution in [0.1, 0.15) is 11.5 Å². The molecule has 26 heavy (non-hydrogen) atoms. The lowest BCUT2D eigenvalue weighted by molar-refractivity contribution is -0.118. The zero-order chi connectivity index (χ0) is 18.4. The van der Waals surface area contributed by atoms with Gasteiger partial charge in [-0.25, -0.2) is 4.39 Å².